The van der Waals surface area contributed by atoms with Crippen LogP contribution < -0.4 is 10.5 Å². The summed E-state index contributed by atoms with van der Waals surface area (Å²) in [5, 5.41) is 8.02. The van der Waals surface area contributed by atoms with Crippen LogP contribution in [0.4, 0.5) is 5.69 Å². The number of sulfonamides is 1. The first-order valence-corrected chi connectivity index (χ1v) is 12.2. The average molecular weight is 423 g/mol. The Labute approximate surface area is 174 Å². The molecule has 2 saturated heterocycles. The van der Waals surface area contributed by atoms with Gasteiger partial charge in [-0.3, -0.25) is 9.69 Å². The number of nitrogens with zero attached hydrogens (tertiary/aromatic N) is 2. The fourth-order valence-corrected chi connectivity index (χ4v) is 4.93. The molecule has 29 heavy (non-hydrogen) atoms. The summed E-state index contributed by atoms with van der Waals surface area (Å²) in [6.07, 6.45) is 4.89. The van der Waals surface area contributed by atoms with E-state index >= 15 is 0 Å². The number of anilines is 1. The molecule has 0 saturated carbocycles. The highest BCUT2D eigenvalue weighted by atomic mass is 32.2. The monoisotopic (exact) mass is 422 g/mol. The number of piperidine rings is 2. The lowest BCUT2D eigenvalue weighted by molar-refractivity contribution is -0.121. The van der Waals surface area contributed by atoms with Gasteiger partial charge in [-0.05, 0) is 82.3 Å². The number of likely N-dealkylation sites (tertiary alicyclic amines) is 2. The molecule has 0 spiro atoms. The van der Waals surface area contributed by atoms with E-state index < -0.39 is 10.0 Å². The fourth-order valence-electron chi connectivity index (χ4n) is 4.37. The Hall–Kier alpha value is -1.48. The molecule has 1 aromatic carbocycles. The third kappa shape index (κ3) is 6.25. The number of hydrogen-bond donors (Lipinski definition) is 2. The molecule has 0 bridgehead atoms. The third-order valence-electron chi connectivity index (χ3n) is 6.30. The van der Waals surface area contributed by atoms with Crippen molar-refractivity contribution >= 4 is 21.6 Å². The number of hydrogen-bond acceptors (Lipinski definition) is 5. The van der Waals surface area contributed by atoms with Gasteiger partial charge in [0.1, 0.15) is 0 Å². The minimum absolute atomic E-state index is 0.00293. The second-order valence-electron chi connectivity index (χ2n) is 8.72. The van der Waals surface area contributed by atoms with Gasteiger partial charge >= 0.3 is 0 Å². The number of nitrogens with two attached hydrogens (primary N) is 1. The molecular formula is C21H34N4O3S. The smallest absolute Gasteiger partial charge is 0.241 e. The van der Waals surface area contributed by atoms with Crippen molar-refractivity contribution in [3.8, 4) is 0 Å². The van der Waals surface area contributed by atoms with Crippen molar-refractivity contribution in [2.75, 3.05) is 38.0 Å². The summed E-state index contributed by atoms with van der Waals surface area (Å²) >= 11 is 0. The van der Waals surface area contributed by atoms with Gasteiger partial charge in [0, 0.05) is 18.8 Å². The van der Waals surface area contributed by atoms with Gasteiger partial charge in [0.2, 0.25) is 15.9 Å². The van der Waals surface area contributed by atoms with E-state index in [2.05, 4.69) is 22.0 Å². The summed E-state index contributed by atoms with van der Waals surface area (Å²) < 4.78 is 23.0. The number of rotatable bonds is 6. The summed E-state index contributed by atoms with van der Waals surface area (Å²) in [5.74, 6) is 1.31. The molecule has 162 valence electrons. The lowest BCUT2D eigenvalue weighted by atomic mass is 9.93. The maximum absolute atomic E-state index is 12.8. The van der Waals surface area contributed by atoms with Crippen LogP contribution in [0, 0.1) is 11.8 Å². The van der Waals surface area contributed by atoms with Crippen LogP contribution >= 0.6 is 0 Å². The van der Waals surface area contributed by atoms with Crippen LogP contribution in [0.5, 0.6) is 0 Å². The molecule has 0 aliphatic carbocycles. The molecule has 2 heterocycles. The van der Waals surface area contributed by atoms with Crippen LogP contribution in [0.1, 0.15) is 39.5 Å². The first-order chi connectivity index (χ1) is 13.7. The number of benzene rings is 1. The van der Waals surface area contributed by atoms with Crippen molar-refractivity contribution in [2.24, 2.45) is 17.0 Å². The largest absolute Gasteiger partial charge is 0.325 e. The van der Waals surface area contributed by atoms with E-state index in [-0.39, 0.29) is 16.8 Å². The van der Waals surface area contributed by atoms with Gasteiger partial charge in [-0.1, -0.05) is 13.0 Å². The van der Waals surface area contributed by atoms with Gasteiger partial charge in [-0.25, -0.2) is 13.6 Å². The third-order valence-corrected chi connectivity index (χ3v) is 7.21. The highest BCUT2D eigenvalue weighted by Gasteiger charge is 2.29. The summed E-state index contributed by atoms with van der Waals surface area (Å²) in [6.45, 7) is 9.59. The van der Waals surface area contributed by atoms with Crippen molar-refractivity contribution < 1.29 is 13.2 Å². The number of carbonyl (C=O) groups excluding carboxylic acids is 1. The van der Waals surface area contributed by atoms with E-state index in [1.165, 1.54) is 44.5 Å². The number of carbonyl (C=O) groups is 1. The molecule has 3 N–H and O–H groups in total. The van der Waals surface area contributed by atoms with Crippen molar-refractivity contribution in [3.05, 3.63) is 24.3 Å². The Balaban J connectivity index is 1.55. The van der Waals surface area contributed by atoms with E-state index in [1.54, 1.807) is 12.1 Å². The first kappa shape index (κ1) is 22.2. The van der Waals surface area contributed by atoms with Crippen LogP contribution in [0.2, 0.25) is 0 Å². The maximum atomic E-state index is 12.8. The molecule has 2 aliphatic rings. The normalized spacial score (nSPS) is 23.6. The second-order valence-corrected chi connectivity index (χ2v) is 10.3. The highest BCUT2D eigenvalue weighted by molar-refractivity contribution is 7.89. The van der Waals surface area contributed by atoms with Crippen LogP contribution in [0.25, 0.3) is 0 Å². The second kappa shape index (κ2) is 9.55. The lowest BCUT2D eigenvalue weighted by Gasteiger charge is -2.39. The van der Waals surface area contributed by atoms with Gasteiger partial charge in [0.25, 0.3) is 0 Å². The average Bonchev–Trinajstić information content (AvgIpc) is 2.69. The molecule has 7 nitrogen and oxygen atoms in total. The van der Waals surface area contributed by atoms with Gasteiger partial charge in [0.05, 0.1) is 10.9 Å². The molecular weight excluding hydrogens is 388 g/mol. The minimum Gasteiger partial charge on any atom is -0.325 e. The standard InChI is InChI=1S/C21H34N4O3S/c1-16-8-11-24(12-9-16)14-18-5-4-10-25(15-18)17(2)21(26)23-19-6-3-7-20(13-19)29(22,27)28/h3,6-7,13,16-18H,4-5,8-12,14-15H2,1-2H3,(H,23,26)(H2,22,27,28). The number of primary sulfonamides is 1. The molecule has 0 radical (unpaired) electrons. The molecule has 2 atom stereocenters. The zero-order valence-corrected chi connectivity index (χ0v) is 18.3. The fraction of sp³-hybridized carbons (Fsp3) is 0.667. The quantitative estimate of drug-likeness (QED) is 0.732. The van der Waals surface area contributed by atoms with Crippen LogP contribution in [0.15, 0.2) is 29.2 Å². The van der Waals surface area contributed by atoms with Gasteiger partial charge in [-0.2, -0.15) is 0 Å². The summed E-state index contributed by atoms with van der Waals surface area (Å²) in [6, 6.07) is 5.81. The molecule has 0 aromatic heterocycles. The topological polar surface area (TPSA) is 95.7 Å². The Kier molecular flexibility index (Phi) is 7.32. The summed E-state index contributed by atoms with van der Waals surface area (Å²) in [5.41, 5.74) is 0.448. The SMILES string of the molecule is CC1CCN(CC2CCCN(C(C)C(=O)Nc3cccc(S(N)(=O)=O)c3)C2)CC1. The molecule has 1 aromatic rings. The van der Waals surface area contributed by atoms with E-state index in [4.69, 9.17) is 5.14 Å². The van der Waals surface area contributed by atoms with Crippen LogP contribution in [0.3, 0.4) is 0 Å². The minimum atomic E-state index is -3.79. The molecule has 1 amide bonds. The Morgan fingerprint density at radius 1 is 1.24 bits per heavy atom. The first-order valence-electron chi connectivity index (χ1n) is 10.6. The highest BCUT2D eigenvalue weighted by Crippen LogP contribution is 2.23. The molecule has 8 heteroatoms. The lowest BCUT2D eigenvalue weighted by Crippen LogP contribution is -2.49. The number of nitrogens with one attached hydrogen (secondary N) is 1. The Morgan fingerprint density at radius 2 is 1.97 bits per heavy atom. The van der Waals surface area contributed by atoms with E-state index in [1.807, 2.05) is 6.92 Å². The van der Waals surface area contributed by atoms with E-state index in [9.17, 15) is 13.2 Å². The van der Waals surface area contributed by atoms with E-state index in [0.29, 0.717) is 11.6 Å². The molecule has 3 rings (SSSR count). The predicted octanol–water partition coefficient (Wildman–Crippen LogP) is 2.10. The van der Waals surface area contributed by atoms with Gasteiger partial charge in [0.15, 0.2) is 0 Å². The molecule has 2 aliphatic heterocycles. The van der Waals surface area contributed by atoms with Crippen molar-refractivity contribution in [3.63, 3.8) is 0 Å². The van der Waals surface area contributed by atoms with Crippen molar-refractivity contribution in [1.29, 1.82) is 0 Å². The maximum Gasteiger partial charge on any atom is 0.241 e. The van der Waals surface area contributed by atoms with E-state index in [0.717, 1.165) is 32.0 Å². The number of amides is 1. The Bertz CT molecular complexity index is 806. The van der Waals surface area contributed by atoms with Crippen LogP contribution in [-0.2, 0) is 14.8 Å². The molecule has 2 fully saturated rings. The van der Waals surface area contributed by atoms with Crippen molar-refractivity contribution in [1.82, 2.24) is 9.80 Å². The van der Waals surface area contributed by atoms with Crippen molar-refractivity contribution in [2.45, 2.75) is 50.5 Å². The zero-order valence-electron chi connectivity index (χ0n) is 17.5. The predicted molar refractivity (Wildman–Crippen MR) is 115 cm³/mol. The summed E-state index contributed by atoms with van der Waals surface area (Å²) in [7, 11) is -3.79. The van der Waals surface area contributed by atoms with Gasteiger partial charge in [-0.15, -0.1) is 0 Å². The zero-order chi connectivity index (χ0) is 21.0. The Morgan fingerprint density at radius 3 is 2.66 bits per heavy atom. The van der Waals surface area contributed by atoms with Crippen LogP contribution in [-0.4, -0.2) is 62.9 Å². The molecule has 2 unspecified atom stereocenters. The summed E-state index contributed by atoms with van der Waals surface area (Å²) in [4.78, 5) is 17.6. The van der Waals surface area contributed by atoms with Gasteiger partial charge < -0.3 is 10.2 Å².